The summed E-state index contributed by atoms with van der Waals surface area (Å²) in [6, 6.07) is 0. The Morgan fingerprint density at radius 3 is 1.90 bits per heavy atom. The van der Waals surface area contributed by atoms with Crippen molar-refractivity contribution in [1.82, 2.24) is 5.32 Å². The van der Waals surface area contributed by atoms with Gasteiger partial charge >= 0.3 is 0 Å². The minimum absolute atomic E-state index is 0. The fourth-order valence-corrected chi connectivity index (χ4v) is 0.974. The van der Waals surface area contributed by atoms with Gasteiger partial charge in [0.05, 0.1) is 5.54 Å². The SMILES string of the molecule is CC1(C)NCCC1(F)F.Cl. The molecule has 1 aliphatic rings. The summed E-state index contributed by atoms with van der Waals surface area (Å²) in [6.07, 6.45) is -0.0278. The molecule has 10 heavy (non-hydrogen) atoms. The molecule has 1 saturated heterocycles. The highest BCUT2D eigenvalue weighted by atomic mass is 35.5. The number of rotatable bonds is 0. The Hall–Kier alpha value is 0.110. The van der Waals surface area contributed by atoms with E-state index in [1.165, 1.54) is 13.8 Å². The lowest BCUT2D eigenvalue weighted by Gasteiger charge is -2.25. The average molecular weight is 172 g/mol. The van der Waals surface area contributed by atoms with E-state index in [1.807, 2.05) is 0 Å². The standard InChI is InChI=1S/C6H11F2N.ClH/c1-5(2)6(7,8)3-4-9-5;/h9H,3-4H2,1-2H3;1H. The van der Waals surface area contributed by atoms with Crippen molar-refractivity contribution in [3.8, 4) is 0 Å². The third-order valence-corrected chi connectivity index (χ3v) is 1.92. The molecule has 0 aliphatic carbocycles. The van der Waals surface area contributed by atoms with E-state index in [1.54, 1.807) is 0 Å². The maximum Gasteiger partial charge on any atom is 0.266 e. The Morgan fingerprint density at radius 2 is 1.80 bits per heavy atom. The molecule has 0 unspecified atom stereocenters. The third kappa shape index (κ3) is 1.40. The fraction of sp³-hybridized carbons (Fsp3) is 1.00. The van der Waals surface area contributed by atoms with Gasteiger partial charge in [-0.15, -0.1) is 12.4 Å². The molecule has 1 aliphatic heterocycles. The van der Waals surface area contributed by atoms with Gasteiger partial charge in [-0.1, -0.05) is 0 Å². The summed E-state index contributed by atoms with van der Waals surface area (Å²) in [7, 11) is 0. The minimum Gasteiger partial charge on any atom is -0.306 e. The Labute approximate surface area is 65.6 Å². The van der Waals surface area contributed by atoms with Crippen molar-refractivity contribution in [3.05, 3.63) is 0 Å². The Kier molecular flexibility index (Phi) is 2.65. The van der Waals surface area contributed by atoms with Crippen LogP contribution in [0.4, 0.5) is 8.78 Å². The minimum atomic E-state index is -2.52. The van der Waals surface area contributed by atoms with Gasteiger partial charge in [-0.2, -0.15) is 0 Å². The van der Waals surface area contributed by atoms with E-state index < -0.39 is 11.5 Å². The fourth-order valence-electron chi connectivity index (χ4n) is 0.974. The molecule has 0 bridgehead atoms. The van der Waals surface area contributed by atoms with Crippen LogP contribution < -0.4 is 5.32 Å². The molecule has 62 valence electrons. The van der Waals surface area contributed by atoms with Gasteiger partial charge in [0.15, 0.2) is 0 Å². The normalized spacial score (nSPS) is 27.6. The molecule has 0 atom stereocenters. The van der Waals surface area contributed by atoms with Crippen molar-refractivity contribution in [3.63, 3.8) is 0 Å². The van der Waals surface area contributed by atoms with Gasteiger partial charge in [0.2, 0.25) is 0 Å². The van der Waals surface area contributed by atoms with Crippen LogP contribution in [0.15, 0.2) is 0 Å². The molecular formula is C6H12ClF2N. The zero-order chi connectivity index (χ0) is 7.12. The maximum absolute atomic E-state index is 12.7. The van der Waals surface area contributed by atoms with Crippen LogP contribution in [0.25, 0.3) is 0 Å². The van der Waals surface area contributed by atoms with Crippen LogP contribution in [0.3, 0.4) is 0 Å². The van der Waals surface area contributed by atoms with Crippen LogP contribution in [0, 0.1) is 0 Å². The molecule has 0 radical (unpaired) electrons. The van der Waals surface area contributed by atoms with E-state index in [2.05, 4.69) is 5.32 Å². The Bertz CT molecular complexity index is 111. The number of halogens is 3. The molecule has 4 heteroatoms. The summed E-state index contributed by atoms with van der Waals surface area (Å²) in [4.78, 5) is 0. The highest BCUT2D eigenvalue weighted by Crippen LogP contribution is 2.35. The molecule has 0 aromatic rings. The van der Waals surface area contributed by atoms with Crippen LogP contribution in [0.2, 0.25) is 0 Å². The van der Waals surface area contributed by atoms with Crippen molar-refractivity contribution in [1.29, 1.82) is 0 Å². The summed E-state index contributed by atoms with van der Waals surface area (Å²) >= 11 is 0. The average Bonchev–Trinajstić information content (AvgIpc) is 1.81. The maximum atomic E-state index is 12.7. The molecule has 0 aromatic carbocycles. The first kappa shape index (κ1) is 10.1. The van der Waals surface area contributed by atoms with Crippen molar-refractivity contribution in [2.75, 3.05) is 6.54 Å². The molecular weight excluding hydrogens is 160 g/mol. The van der Waals surface area contributed by atoms with Gasteiger partial charge < -0.3 is 5.32 Å². The molecule has 1 rings (SSSR count). The van der Waals surface area contributed by atoms with E-state index in [0.29, 0.717) is 6.54 Å². The molecule has 1 N–H and O–H groups in total. The number of nitrogens with one attached hydrogen (secondary N) is 1. The van der Waals surface area contributed by atoms with Crippen molar-refractivity contribution in [2.45, 2.75) is 31.7 Å². The van der Waals surface area contributed by atoms with Crippen molar-refractivity contribution >= 4 is 12.4 Å². The van der Waals surface area contributed by atoms with Gasteiger partial charge in [0, 0.05) is 13.0 Å². The van der Waals surface area contributed by atoms with E-state index in [9.17, 15) is 8.78 Å². The first-order valence-corrected chi connectivity index (χ1v) is 3.09. The van der Waals surface area contributed by atoms with Crippen LogP contribution in [-0.4, -0.2) is 18.0 Å². The van der Waals surface area contributed by atoms with E-state index >= 15 is 0 Å². The van der Waals surface area contributed by atoms with E-state index in [-0.39, 0.29) is 18.8 Å². The molecule has 0 aromatic heterocycles. The molecule has 1 heterocycles. The first-order valence-electron chi connectivity index (χ1n) is 3.09. The zero-order valence-corrected chi connectivity index (χ0v) is 6.89. The second-order valence-corrected chi connectivity index (χ2v) is 3.01. The molecule has 1 nitrogen and oxygen atoms in total. The second kappa shape index (κ2) is 2.62. The van der Waals surface area contributed by atoms with Crippen LogP contribution in [0.1, 0.15) is 20.3 Å². The number of hydrogen-bond donors (Lipinski definition) is 1. The largest absolute Gasteiger partial charge is 0.306 e. The molecule has 0 saturated carbocycles. The van der Waals surface area contributed by atoms with Crippen LogP contribution in [-0.2, 0) is 0 Å². The Morgan fingerprint density at radius 1 is 1.30 bits per heavy atom. The quantitative estimate of drug-likeness (QED) is 0.586. The number of alkyl halides is 2. The van der Waals surface area contributed by atoms with Gasteiger partial charge in [-0.25, -0.2) is 8.78 Å². The monoisotopic (exact) mass is 171 g/mol. The molecule has 1 fully saturated rings. The van der Waals surface area contributed by atoms with Gasteiger partial charge in [0.25, 0.3) is 5.92 Å². The van der Waals surface area contributed by atoms with Crippen LogP contribution >= 0.6 is 12.4 Å². The number of hydrogen-bond acceptors (Lipinski definition) is 1. The van der Waals surface area contributed by atoms with Crippen molar-refractivity contribution in [2.24, 2.45) is 0 Å². The zero-order valence-electron chi connectivity index (χ0n) is 6.08. The summed E-state index contributed by atoms with van der Waals surface area (Å²) < 4.78 is 25.3. The smallest absolute Gasteiger partial charge is 0.266 e. The summed E-state index contributed by atoms with van der Waals surface area (Å²) in [6.45, 7) is 3.49. The third-order valence-electron chi connectivity index (χ3n) is 1.92. The highest BCUT2D eigenvalue weighted by Gasteiger charge is 2.50. The van der Waals surface area contributed by atoms with E-state index in [4.69, 9.17) is 0 Å². The van der Waals surface area contributed by atoms with Crippen LogP contribution in [0.5, 0.6) is 0 Å². The lowest BCUT2D eigenvalue weighted by molar-refractivity contribution is -0.0455. The molecule has 0 spiro atoms. The summed E-state index contributed by atoms with van der Waals surface area (Å²) in [5.74, 6) is -2.52. The second-order valence-electron chi connectivity index (χ2n) is 3.01. The Balaban J connectivity index is 0.000000810. The molecule has 0 amide bonds. The van der Waals surface area contributed by atoms with Gasteiger partial charge in [-0.05, 0) is 13.8 Å². The van der Waals surface area contributed by atoms with Gasteiger partial charge in [0.1, 0.15) is 0 Å². The van der Waals surface area contributed by atoms with Crippen molar-refractivity contribution < 1.29 is 8.78 Å². The predicted molar refractivity (Wildman–Crippen MR) is 38.9 cm³/mol. The lowest BCUT2D eigenvalue weighted by atomic mass is 9.99. The van der Waals surface area contributed by atoms with E-state index in [0.717, 1.165) is 0 Å². The topological polar surface area (TPSA) is 12.0 Å². The van der Waals surface area contributed by atoms with Gasteiger partial charge in [-0.3, -0.25) is 0 Å². The summed E-state index contributed by atoms with van der Waals surface area (Å²) in [5.41, 5.74) is -0.993. The summed E-state index contributed by atoms with van der Waals surface area (Å²) in [5, 5.41) is 2.74. The highest BCUT2D eigenvalue weighted by molar-refractivity contribution is 5.85. The predicted octanol–water partition coefficient (Wildman–Crippen LogP) is 1.82. The lowest BCUT2D eigenvalue weighted by Crippen LogP contribution is -2.45. The first-order chi connectivity index (χ1) is 3.96.